The van der Waals surface area contributed by atoms with Crippen LogP contribution in [0, 0.1) is 4.91 Å². The number of likely N-dealkylation sites (tertiary alicyclic amines) is 1. The van der Waals surface area contributed by atoms with Gasteiger partial charge in [0.15, 0.2) is 5.00 Å². The molecular weight excluding hydrogens is 212 g/mol. The minimum atomic E-state index is 0.0196. The van der Waals surface area contributed by atoms with Crippen molar-refractivity contribution in [1.29, 1.82) is 0 Å². The molecule has 4 nitrogen and oxygen atoms in total. The first-order chi connectivity index (χ1) is 7.22. The Kier molecular flexibility index (Phi) is 2.81. The summed E-state index contributed by atoms with van der Waals surface area (Å²) in [5, 5.41) is 4.88. The van der Waals surface area contributed by atoms with E-state index in [1.165, 1.54) is 11.3 Å². The van der Waals surface area contributed by atoms with Crippen molar-refractivity contribution in [1.82, 2.24) is 4.90 Å². The number of rotatable bonds is 2. The van der Waals surface area contributed by atoms with Crippen molar-refractivity contribution in [3.63, 3.8) is 0 Å². The van der Waals surface area contributed by atoms with Crippen LogP contribution in [0.5, 0.6) is 0 Å². The summed E-state index contributed by atoms with van der Waals surface area (Å²) in [6.07, 6.45) is 2.13. The van der Waals surface area contributed by atoms with Crippen LogP contribution in [-0.2, 0) is 0 Å². The van der Waals surface area contributed by atoms with Crippen molar-refractivity contribution >= 4 is 22.2 Å². The minimum Gasteiger partial charge on any atom is -0.336 e. The van der Waals surface area contributed by atoms with Crippen LogP contribution < -0.4 is 0 Å². The maximum absolute atomic E-state index is 12.0. The van der Waals surface area contributed by atoms with Gasteiger partial charge in [-0.05, 0) is 31.0 Å². The van der Waals surface area contributed by atoms with Gasteiger partial charge in [-0.3, -0.25) is 4.79 Å². The Morgan fingerprint density at radius 1 is 1.67 bits per heavy atom. The summed E-state index contributed by atoms with van der Waals surface area (Å²) in [6, 6.07) is 1.87. The lowest BCUT2D eigenvalue weighted by Gasteiger charge is -2.20. The fourth-order valence-electron chi connectivity index (χ4n) is 1.89. The Bertz CT molecular complexity index is 389. The molecule has 1 saturated heterocycles. The molecule has 1 aromatic rings. The molecule has 1 fully saturated rings. The van der Waals surface area contributed by atoms with E-state index in [-0.39, 0.29) is 5.91 Å². The van der Waals surface area contributed by atoms with E-state index in [1.54, 1.807) is 11.4 Å². The molecule has 1 aliphatic rings. The second-order valence-electron chi connectivity index (χ2n) is 3.75. The van der Waals surface area contributed by atoms with Gasteiger partial charge in [0, 0.05) is 18.0 Å². The normalized spacial score (nSPS) is 20.6. The molecule has 0 bridgehead atoms. The fourth-order valence-corrected chi connectivity index (χ4v) is 2.54. The van der Waals surface area contributed by atoms with E-state index in [0.717, 1.165) is 19.4 Å². The predicted octanol–water partition coefficient (Wildman–Crippen LogP) is 2.77. The van der Waals surface area contributed by atoms with Gasteiger partial charge < -0.3 is 4.90 Å². The van der Waals surface area contributed by atoms with Crippen LogP contribution in [0.2, 0.25) is 0 Å². The molecule has 1 unspecified atom stereocenters. The monoisotopic (exact) mass is 224 g/mol. The topological polar surface area (TPSA) is 49.7 Å². The number of nitrogens with zero attached hydrogens (tertiary/aromatic N) is 2. The Morgan fingerprint density at radius 3 is 3.00 bits per heavy atom. The zero-order valence-electron chi connectivity index (χ0n) is 8.47. The number of hydrogen-bond acceptors (Lipinski definition) is 4. The number of thiophene rings is 1. The molecule has 1 aromatic heterocycles. The van der Waals surface area contributed by atoms with Crippen molar-refractivity contribution in [3.05, 3.63) is 21.9 Å². The molecule has 2 heterocycles. The summed E-state index contributed by atoms with van der Waals surface area (Å²) in [4.78, 5) is 24.1. The average Bonchev–Trinajstić information content (AvgIpc) is 2.84. The minimum absolute atomic E-state index is 0.0196. The standard InChI is InChI=1S/C10H12N2O2S/c1-7-3-2-4-12(7)10(13)8-5-9(11-14)15-6-8/h5-7H,2-4H2,1H3. The molecule has 5 heteroatoms. The molecule has 1 atom stereocenters. The molecule has 1 amide bonds. The van der Waals surface area contributed by atoms with Gasteiger partial charge in [0.2, 0.25) is 0 Å². The molecule has 2 rings (SSSR count). The van der Waals surface area contributed by atoms with Crippen LogP contribution in [0.3, 0.4) is 0 Å². The maximum Gasteiger partial charge on any atom is 0.255 e. The fraction of sp³-hybridized carbons (Fsp3) is 0.500. The van der Waals surface area contributed by atoms with Crippen molar-refractivity contribution < 1.29 is 4.79 Å². The number of nitroso groups, excluding NO2 is 1. The largest absolute Gasteiger partial charge is 0.336 e. The second kappa shape index (κ2) is 4.10. The third kappa shape index (κ3) is 1.92. The first-order valence-electron chi connectivity index (χ1n) is 4.95. The second-order valence-corrected chi connectivity index (χ2v) is 4.64. The van der Waals surface area contributed by atoms with Gasteiger partial charge in [0.1, 0.15) is 0 Å². The van der Waals surface area contributed by atoms with E-state index in [2.05, 4.69) is 12.1 Å². The highest BCUT2D eigenvalue weighted by atomic mass is 32.1. The van der Waals surface area contributed by atoms with E-state index in [4.69, 9.17) is 0 Å². The Morgan fingerprint density at radius 2 is 2.47 bits per heavy atom. The molecular formula is C10H12N2O2S. The summed E-state index contributed by atoms with van der Waals surface area (Å²) in [7, 11) is 0. The highest BCUT2D eigenvalue weighted by molar-refractivity contribution is 7.14. The molecule has 0 aromatic carbocycles. The van der Waals surface area contributed by atoms with Crippen LogP contribution >= 0.6 is 11.3 Å². The molecule has 0 saturated carbocycles. The lowest BCUT2D eigenvalue weighted by molar-refractivity contribution is 0.0748. The summed E-state index contributed by atoms with van der Waals surface area (Å²) in [5.41, 5.74) is 0.586. The lowest BCUT2D eigenvalue weighted by Crippen LogP contribution is -2.33. The van der Waals surface area contributed by atoms with Crippen molar-refractivity contribution in [3.8, 4) is 0 Å². The van der Waals surface area contributed by atoms with E-state index in [9.17, 15) is 9.70 Å². The van der Waals surface area contributed by atoms with Crippen LogP contribution in [0.1, 0.15) is 30.1 Å². The van der Waals surface area contributed by atoms with Gasteiger partial charge in [-0.1, -0.05) is 0 Å². The summed E-state index contributed by atoms with van der Waals surface area (Å²) in [5.74, 6) is 0.0196. The predicted molar refractivity (Wildman–Crippen MR) is 59.5 cm³/mol. The van der Waals surface area contributed by atoms with Gasteiger partial charge in [-0.15, -0.1) is 16.2 Å². The van der Waals surface area contributed by atoms with Crippen molar-refractivity contribution in [2.45, 2.75) is 25.8 Å². The van der Waals surface area contributed by atoms with E-state index < -0.39 is 0 Å². The first-order valence-corrected chi connectivity index (χ1v) is 5.83. The van der Waals surface area contributed by atoms with Gasteiger partial charge in [-0.2, -0.15) is 0 Å². The quantitative estimate of drug-likeness (QED) is 0.725. The van der Waals surface area contributed by atoms with Crippen molar-refractivity contribution in [2.75, 3.05) is 6.54 Å². The Balaban J connectivity index is 2.16. The summed E-state index contributed by atoms with van der Waals surface area (Å²) in [6.45, 7) is 2.87. The molecule has 0 N–H and O–H groups in total. The van der Waals surface area contributed by atoms with Crippen LogP contribution in [0.15, 0.2) is 16.6 Å². The third-order valence-corrected chi connectivity index (χ3v) is 3.54. The Labute approximate surface area is 91.9 Å². The SMILES string of the molecule is CC1CCCN1C(=O)c1csc(N=O)c1. The number of amides is 1. The third-order valence-electron chi connectivity index (χ3n) is 2.74. The number of carbonyl (C=O) groups is 1. The summed E-state index contributed by atoms with van der Waals surface area (Å²) >= 11 is 1.21. The van der Waals surface area contributed by atoms with E-state index >= 15 is 0 Å². The molecule has 15 heavy (non-hydrogen) atoms. The van der Waals surface area contributed by atoms with Gasteiger partial charge in [-0.25, -0.2) is 0 Å². The Hall–Kier alpha value is -1.23. The average molecular weight is 224 g/mol. The summed E-state index contributed by atoms with van der Waals surface area (Å²) < 4.78 is 0. The molecule has 1 aliphatic heterocycles. The van der Waals surface area contributed by atoms with E-state index in [0.29, 0.717) is 16.6 Å². The molecule has 0 spiro atoms. The number of carbonyl (C=O) groups excluding carboxylic acids is 1. The first kappa shape index (κ1) is 10.3. The number of hydrogen-bond donors (Lipinski definition) is 0. The smallest absolute Gasteiger partial charge is 0.255 e. The van der Waals surface area contributed by atoms with Gasteiger partial charge >= 0.3 is 0 Å². The van der Waals surface area contributed by atoms with Crippen LogP contribution in [-0.4, -0.2) is 23.4 Å². The lowest BCUT2D eigenvalue weighted by atomic mass is 10.2. The molecule has 80 valence electrons. The van der Waals surface area contributed by atoms with Gasteiger partial charge in [0.25, 0.3) is 5.91 Å². The highest BCUT2D eigenvalue weighted by Gasteiger charge is 2.26. The van der Waals surface area contributed by atoms with Gasteiger partial charge in [0.05, 0.1) is 5.56 Å². The van der Waals surface area contributed by atoms with Crippen molar-refractivity contribution in [2.24, 2.45) is 5.18 Å². The maximum atomic E-state index is 12.0. The van der Waals surface area contributed by atoms with Crippen LogP contribution in [0.4, 0.5) is 5.00 Å². The molecule has 0 radical (unpaired) electrons. The van der Waals surface area contributed by atoms with E-state index in [1.807, 2.05) is 4.90 Å². The highest BCUT2D eigenvalue weighted by Crippen LogP contribution is 2.26. The zero-order valence-corrected chi connectivity index (χ0v) is 9.29. The van der Waals surface area contributed by atoms with Crippen LogP contribution in [0.25, 0.3) is 0 Å². The molecule has 0 aliphatic carbocycles. The zero-order chi connectivity index (χ0) is 10.8.